The van der Waals surface area contributed by atoms with E-state index in [1.807, 2.05) is 25.6 Å². The standard InChI is InChI=1S/C16H17N7.ClH/c1-21-10-14(9-19-21)12-6-15(22-4-2-18-3-5-22)16-13(7-17)8-20-23(16)11-12;/h6,8-11,18H,2-5H2,1H3;1H. The van der Waals surface area contributed by atoms with Crippen molar-refractivity contribution in [2.24, 2.45) is 7.05 Å². The van der Waals surface area contributed by atoms with Crippen LogP contribution < -0.4 is 10.2 Å². The van der Waals surface area contributed by atoms with Gasteiger partial charge in [-0.3, -0.25) is 4.68 Å². The fourth-order valence-electron chi connectivity index (χ4n) is 3.06. The number of hydrogen-bond acceptors (Lipinski definition) is 5. The van der Waals surface area contributed by atoms with Gasteiger partial charge in [0.2, 0.25) is 0 Å². The van der Waals surface area contributed by atoms with E-state index < -0.39 is 0 Å². The third kappa shape index (κ3) is 2.70. The fraction of sp³-hybridized carbons (Fsp3) is 0.312. The molecule has 0 aromatic carbocycles. The number of nitrogens with zero attached hydrogens (tertiary/aromatic N) is 6. The Morgan fingerprint density at radius 2 is 1.92 bits per heavy atom. The largest absolute Gasteiger partial charge is 0.367 e. The van der Waals surface area contributed by atoms with Crippen molar-refractivity contribution in [1.82, 2.24) is 24.7 Å². The van der Waals surface area contributed by atoms with Crippen LogP contribution in [-0.4, -0.2) is 45.6 Å². The third-order valence-electron chi connectivity index (χ3n) is 4.21. The van der Waals surface area contributed by atoms with Gasteiger partial charge in [-0.05, 0) is 6.07 Å². The Bertz CT molecular complexity index is 899. The number of aromatic nitrogens is 4. The first kappa shape index (κ1) is 16.3. The van der Waals surface area contributed by atoms with Crippen molar-refractivity contribution in [3.63, 3.8) is 0 Å². The molecular formula is C16H18ClN7. The molecule has 1 N–H and O–H groups in total. The maximum atomic E-state index is 9.39. The van der Waals surface area contributed by atoms with E-state index >= 15 is 0 Å². The smallest absolute Gasteiger partial charge is 0.107 e. The van der Waals surface area contributed by atoms with Gasteiger partial charge < -0.3 is 10.2 Å². The zero-order valence-electron chi connectivity index (χ0n) is 13.3. The van der Waals surface area contributed by atoms with Crippen LogP contribution in [0.1, 0.15) is 5.56 Å². The molecular weight excluding hydrogens is 326 g/mol. The average molecular weight is 344 g/mol. The van der Waals surface area contributed by atoms with Crippen molar-refractivity contribution in [2.45, 2.75) is 0 Å². The number of piperazine rings is 1. The molecule has 4 heterocycles. The summed E-state index contributed by atoms with van der Waals surface area (Å²) in [5.74, 6) is 0. The molecule has 1 aliphatic heterocycles. The van der Waals surface area contributed by atoms with Gasteiger partial charge in [-0.1, -0.05) is 0 Å². The molecule has 1 aliphatic rings. The van der Waals surface area contributed by atoms with E-state index in [-0.39, 0.29) is 12.4 Å². The fourth-order valence-corrected chi connectivity index (χ4v) is 3.06. The lowest BCUT2D eigenvalue weighted by Crippen LogP contribution is -2.43. The molecule has 24 heavy (non-hydrogen) atoms. The molecule has 0 unspecified atom stereocenters. The van der Waals surface area contributed by atoms with Gasteiger partial charge >= 0.3 is 0 Å². The number of fused-ring (bicyclic) bond motifs is 1. The first-order chi connectivity index (χ1) is 11.3. The van der Waals surface area contributed by atoms with E-state index in [0.717, 1.165) is 48.5 Å². The number of aryl methyl sites for hydroxylation is 1. The topological polar surface area (TPSA) is 74.2 Å². The maximum absolute atomic E-state index is 9.39. The van der Waals surface area contributed by atoms with Crippen molar-refractivity contribution < 1.29 is 0 Å². The second kappa shape index (κ2) is 6.51. The molecule has 7 nitrogen and oxygen atoms in total. The summed E-state index contributed by atoms with van der Waals surface area (Å²) in [7, 11) is 1.90. The van der Waals surface area contributed by atoms with Gasteiger partial charge in [0, 0.05) is 56.7 Å². The molecule has 1 fully saturated rings. The molecule has 3 aromatic rings. The number of hydrogen-bond donors (Lipinski definition) is 1. The second-order valence-corrected chi connectivity index (χ2v) is 5.72. The number of anilines is 1. The summed E-state index contributed by atoms with van der Waals surface area (Å²) < 4.78 is 3.59. The van der Waals surface area contributed by atoms with Crippen LogP contribution in [0.4, 0.5) is 5.69 Å². The summed E-state index contributed by atoms with van der Waals surface area (Å²) in [4.78, 5) is 2.31. The number of nitriles is 1. The van der Waals surface area contributed by atoms with Crippen LogP contribution in [0.15, 0.2) is 30.9 Å². The van der Waals surface area contributed by atoms with Gasteiger partial charge in [-0.2, -0.15) is 15.5 Å². The van der Waals surface area contributed by atoms with Crippen LogP contribution in [0.2, 0.25) is 0 Å². The SMILES string of the molecule is Cl.Cn1cc(-c2cc(N3CCNCC3)c3c(C#N)cnn3c2)cn1. The van der Waals surface area contributed by atoms with Crippen molar-refractivity contribution in [3.8, 4) is 17.2 Å². The lowest BCUT2D eigenvalue weighted by atomic mass is 10.1. The van der Waals surface area contributed by atoms with Gasteiger partial charge in [0.05, 0.1) is 23.6 Å². The first-order valence-corrected chi connectivity index (χ1v) is 7.62. The number of rotatable bonds is 2. The van der Waals surface area contributed by atoms with Crippen LogP contribution >= 0.6 is 12.4 Å². The Hall–Kier alpha value is -2.56. The van der Waals surface area contributed by atoms with Crippen molar-refractivity contribution in [2.75, 3.05) is 31.1 Å². The van der Waals surface area contributed by atoms with Crippen molar-refractivity contribution >= 4 is 23.6 Å². The molecule has 0 radical (unpaired) electrons. The van der Waals surface area contributed by atoms with E-state index in [4.69, 9.17) is 0 Å². The highest BCUT2D eigenvalue weighted by atomic mass is 35.5. The first-order valence-electron chi connectivity index (χ1n) is 7.62. The summed E-state index contributed by atoms with van der Waals surface area (Å²) in [5, 5.41) is 21.4. The van der Waals surface area contributed by atoms with Gasteiger partial charge in [0.25, 0.3) is 0 Å². The highest BCUT2D eigenvalue weighted by molar-refractivity contribution is 5.85. The van der Waals surface area contributed by atoms with Gasteiger partial charge in [0.1, 0.15) is 11.6 Å². The molecule has 124 valence electrons. The second-order valence-electron chi connectivity index (χ2n) is 5.72. The Balaban J connectivity index is 0.00000169. The van der Waals surface area contributed by atoms with E-state index in [9.17, 15) is 5.26 Å². The molecule has 0 saturated carbocycles. The van der Waals surface area contributed by atoms with Gasteiger partial charge in [-0.15, -0.1) is 12.4 Å². The lowest BCUT2D eigenvalue weighted by Gasteiger charge is -2.30. The normalized spacial score (nSPS) is 14.4. The van der Waals surface area contributed by atoms with Gasteiger partial charge in [-0.25, -0.2) is 4.52 Å². The molecule has 4 rings (SSSR count). The van der Waals surface area contributed by atoms with Crippen LogP contribution in [0.3, 0.4) is 0 Å². The molecule has 0 amide bonds. The maximum Gasteiger partial charge on any atom is 0.107 e. The quantitative estimate of drug-likeness (QED) is 0.762. The molecule has 0 bridgehead atoms. The Labute approximate surface area is 145 Å². The van der Waals surface area contributed by atoms with E-state index in [2.05, 4.69) is 32.5 Å². The molecule has 1 saturated heterocycles. The highest BCUT2D eigenvalue weighted by Gasteiger charge is 2.19. The number of pyridine rings is 1. The van der Waals surface area contributed by atoms with Crippen LogP contribution in [0.25, 0.3) is 16.6 Å². The minimum atomic E-state index is 0. The zero-order valence-corrected chi connectivity index (χ0v) is 14.1. The minimum Gasteiger partial charge on any atom is -0.367 e. The average Bonchev–Trinajstić information content (AvgIpc) is 3.20. The van der Waals surface area contributed by atoms with Crippen LogP contribution in [0, 0.1) is 11.3 Å². The Morgan fingerprint density at radius 1 is 1.12 bits per heavy atom. The summed E-state index contributed by atoms with van der Waals surface area (Å²) in [5.41, 5.74) is 4.63. The Morgan fingerprint density at radius 3 is 2.58 bits per heavy atom. The zero-order chi connectivity index (χ0) is 15.8. The number of nitrogens with one attached hydrogen (secondary N) is 1. The van der Waals surface area contributed by atoms with Crippen molar-refractivity contribution in [1.29, 1.82) is 5.26 Å². The highest BCUT2D eigenvalue weighted by Crippen LogP contribution is 2.30. The molecule has 0 spiro atoms. The molecule has 0 aliphatic carbocycles. The minimum absolute atomic E-state index is 0. The van der Waals surface area contributed by atoms with Crippen LogP contribution in [-0.2, 0) is 7.05 Å². The van der Waals surface area contributed by atoms with Crippen LogP contribution in [0.5, 0.6) is 0 Å². The Kier molecular flexibility index (Phi) is 4.42. The van der Waals surface area contributed by atoms with E-state index in [1.165, 1.54) is 0 Å². The van der Waals surface area contributed by atoms with Crippen molar-refractivity contribution in [3.05, 3.63) is 36.4 Å². The van der Waals surface area contributed by atoms with E-state index in [1.54, 1.807) is 15.4 Å². The molecule has 0 atom stereocenters. The predicted molar refractivity (Wildman–Crippen MR) is 94.4 cm³/mol. The third-order valence-corrected chi connectivity index (χ3v) is 4.21. The summed E-state index contributed by atoms with van der Waals surface area (Å²) in [6.07, 6.45) is 7.42. The summed E-state index contributed by atoms with van der Waals surface area (Å²) in [6, 6.07) is 4.39. The predicted octanol–water partition coefficient (Wildman–Crippen LogP) is 1.44. The molecule has 8 heteroatoms. The number of halogens is 1. The summed E-state index contributed by atoms with van der Waals surface area (Å²) >= 11 is 0. The molecule has 3 aromatic heterocycles. The van der Waals surface area contributed by atoms with Gasteiger partial charge in [0.15, 0.2) is 0 Å². The summed E-state index contributed by atoms with van der Waals surface area (Å²) in [6.45, 7) is 3.73. The monoisotopic (exact) mass is 343 g/mol. The lowest BCUT2D eigenvalue weighted by molar-refractivity contribution is 0.589. The van der Waals surface area contributed by atoms with E-state index in [0.29, 0.717) is 5.56 Å².